The van der Waals surface area contributed by atoms with Crippen LogP contribution < -0.4 is 11.2 Å². The molecule has 0 fully saturated rings. The fraction of sp³-hybridized carbons (Fsp3) is 0.333. The molecule has 0 bridgehead atoms. The molecule has 0 spiro atoms. The van der Waals surface area contributed by atoms with E-state index in [-0.39, 0.29) is 11.5 Å². The largest absolute Gasteiger partial charge is 0.349 e. The van der Waals surface area contributed by atoms with Crippen molar-refractivity contribution in [3.8, 4) is 0 Å². The highest BCUT2D eigenvalue weighted by Crippen LogP contribution is 1.99. The number of hydrogen-bond donors (Lipinski definition) is 2. The standard InChI is InChI=1S/C6H9N3O2/c1-4-3-5(8-11)7-6(10)9(4)2/h3,11H,1-2H3,(H,7,8,10). The van der Waals surface area contributed by atoms with E-state index >= 15 is 0 Å². The zero-order valence-corrected chi connectivity index (χ0v) is 6.33. The smallest absolute Gasteiger partial charge is 0.300 e. The summed E-state index contributed by atoms with van der Waals surface area (Å²) in [5.74, 6) is 0.172. The molecule has 1 aromatic rings. The zero-order chi connectivity index (χ0) is 8.43. The highest BCUT2D eigenvalue weighted by molar-refractivity contribution is 5.31. The molecule has 0 aliphatic heterocycles. The Morgan fingerprint density at radius 2 is 2.36 bits per heavy atom. The summed E-state index contributed by atoms with van der Waals surface area (Å²) in [5.41, 5.74) is 2.16. The van der Waals surface area contributed by atoms with Gasteiger partial charge in [0.1, 0.15) is 0 Å². The average Bonchev–Trinajstić information content (AvgIpc) is 1.99. The molecule has 0 aliphatic carbocycles. The first kappa shape index (κ1) is 7.74. The van der Waals surface area contributed by atoms with Crippen LogP contribution >= 0.6 is 0 Å². The number of hydrogen-bond acceptors (Lipinski definition) is 4. The highest BCUT2D eigenvalue weighted by atomic mass is 16.5. The molecule has 0 unspecified atom stereocenters. The number of aromatic nitrogens is 2. The predicted molar refractivity (Wildman–Crippen MR) is 39.6 cm³/mol. The zero-order valence-electron chi connectivity index (χ0n) is 6.33. The fourth-order valence-electron chi connectivity index (χ4n) is 0.713. The van der Waals surface area contributed by atoms with Crippen LogP contribution in [0.4, 0.5) is 5.82 Å². The molecule has 60 valence electrons. The van der Waals surface area contributed by atoms with E-state index in [1.165, 1.54) is 4.57 Å². The molecule has 0 saturated heterocycles. The van der Waals surface area contributed by atoms with Gasteiger partial charge in [-0.1, -0.05) is 0 Å². The molecule has 0 saturated carbocycles. The van der Waals surface area contributed by atoms with Gasteiger partial charge in [-0.3, -0.25) is 15.3 Å². The van der Waals surface area contributed by atoms with Crippen molar-refractivity contribution < 1.29 is 5.21 Å². The lowest BCUT2D eigenvalue weighted by Crippen LogP contribution is -2.22. The number of anilines is 1. The van der Waals surface area contributed by atoms with Gasteiger partial charge in [0.05, 0.1) is 0 Å². The molecular weight excluding hydrogens is 146 g/mol. The third kappa shape index (κ3) is 1.38. The summed E-state index contributed by atoms with van der Waals surface area (Å²) in [6, 6.07) is 1.57. The predicted octanol–water partition coefficient (Wildman–Crippen LogP) is -0.110. The molecular formula is C6H9N3O2. The van der Waals surface area contributed by atoms with E-state index in [1.54, 1.807) is 20.0 Å². The summed E-state index contributed by atoms with van der Waals surface area (Å²) in [7, 11) is 1.62. The van der Waals surface area contributed by atoms with Crippen molar-refractivity contribution >= 4 is 5.82 Å². The maximum atomic E-state index is 10.9. The third-order valence-corrected chi connectivity index (χ3v) is 1.49. The molecule has 5 nitrogen and oxygen atoms in total. The van der Waals surface area contributed by atoms with Crippen molar-refractivity contribution in [2.24, 2.45) is 7.05 Å². The molecule has 0 atom stereocenters. The van der Waals surface area contributed by atoms with Gasteiger partial charge in [0, 0.05) is 18.8 Å². The molecule has 0 aliphatic rings. The molecule has 1 rings (SSSR count). The molecule has 0 amide bonds. The van der Waals surface area contributed by atoms with Gasteiger partial charge in [0.25, 0.3) is 0 Å². The van der Waals surface area contributed by atoms with Crippen LogP contribution in [0, 0.1) is 6.92 Å². The molecule has 5 heteroatoms. The minimum atomic E-state index is -0.387. The second kappa shape index (κ2) is 2.71. The summed E-state index contributed by atoms with van der Waals surface area (Å²) in [6.45, 7) is 1.75. The fourth-order valence-corrected chi connectivity index (χ4v) is 0.713. The summed E-state index contributed by atoms with van der Waals surface area (Å²) in [4.78, 5) is 14.4. The lowest BCUT2D eigenvalue weighted by Gasteiger charge is -2.02. The third-order valence-electron chi connectivity index (χ3n) is 1.49. The Morgan fingerprint density at radius 1 is 1.73 bits per heavy atom. The molecule has 0 aromatic carbocycles. The van der Waals surface area contributed by atoms with Crippen LogP contribution in [0.5, 0.6) is 0 Å². The first-order chi connectivity index (χ1) is 5.15. The minimum Gasteiger partial charge on any atom is -0.300 e. The average molecular weight is 155 g/mol. The molecule has 1 aromatic heterocycles. The summed E-state index contributed by atoms with van der Waals surface area (Å²) < 4.78 is 1.39. The second-order valence-corrected chi connectivity index (χ2v) is 2.24. The van der Waals surface area contributed by atoms with Gasteiger partial charge in [-0.05, 0) is 6.92 Å². The van der Waals surface area contributed by atoms with Gasteiger partial charge in [-0.2, -0.15) is 4.98 Å². The Morgan fingerprint density at radius 3 is 2.82 bits per heavy atom. The molecule has 1 heterocycles. The maximum Gasteiger partial charge on any atom is 0.349 e. The van der Waals surface area contributed by atoms with E-state index in [0.29, 0.717) is 0 Å². The lowest BCUT2D eigenvalue weighted by molar-refractivity contribution is 0.385. The van der Waals surface area contributed by atoms with E-state index < -0.39 is 0 Å². The molecule has 2 N–H and O–H groups in total. The number of aryl methyl sites for hydroxylation is 1. The van der Waals surface area contributed by atoms with Crippen molar-refractivity contribution in [1.82, 2.24) is 9.55 Å². The number of nitrogens with zero attached hydrogens (tertiary/aromatic N) is 2. The lowest BCUT2D eigenvalue weighted by atomic mass is 10.4. The van der Waals surface area contributed by atoms with Gasteiger partial charge in [0.15, 0.2) is 5.82 Å². The quantitative estimate of drug-likeness (QED) is 0.555. The van der Waals surface area contributed by atoms with E-state index in [2.05, 4.69) is 4.98 Å². The van der Waals surface area contributed by atoms with Gasteiger partial charge >= 0.3 is 5.69 Å². The van der Waals surface area contributed by atoms with Crippen LogP contribution in [0.25, 0.3) is 0 Å². The number of rotatable bonds is 1. The maximum absolute atomic E-state index is 10.9. The van der Waals surface area contributed by atoms with E-state index in [9.17, 15) is 4.79 Å². The molecule has 11 heavy (non-hydrogen) atoms. The van der Waals surface area contributed by atoms with Crippen molar-refractivity contribution in [2.45, 2.75) is 6.92 Å². The minimum absolute atomic E-state index is 0.172. The van der Waals surface area contributed by atoms with Crippen LogP contribution in [0.3, 0.4) is 0 Å². The summed E-state index contributed by atoms with van der Waals surface area (Å²) in [5, 5.41) is 8.42. The second-order valence-electron chi connectivity index (χ2n) is 2.24. The van der Waals surface area contributed by atoms with Crippen LogP contribution in [-0.2, 0) is 7.05 Å². The Balaban J connectivity index is 3.32. The van der Waals surface area contributed by atoms with Gasteiger partial charge in [0.2, 0.25) is 0 Å². The monoisotopic (exact) mass is 155 g/mol. The Hall–Kier alpha value is -1.36. The molecule has 0 radical (unpaired) electrons. The van der Waals surface area contributed by atoms with Gasteiger partial charge in [-0.25, -0.2) is 4.79 Å². The highest BCUT2D eigenvalue weighted by Gasteiger charge is 1.98. The van der Waals surface area contributed by atoms with Crippen molar-refractivity contribution in [3.63, 3.8) is 0 Å². The van der Waals surface area contributed by atoms with Gasteiger partial charge < -0.3 is 0 Å². The van der Waals surface area contributed by atoms with Crippen LogP contribution in [0.1, 0.15) is 5.69 Å². The van der Waals surface area contributed by atoms with Crippen molar-refractivity contribution in [2.75, 3.05) is 5.48 Å². The topological polar surface area (TPSA) is 67.2 Å². The van der Waals surface area contributed by atoms with Crippen LogP contribution in [0.15, 0.2) is 10.9 Å². The van der Waals surface area contributed by atoms with E-state index in [1.807, 2.05) is 5.48 Å². The van der Waals surface area contributed by atoms with Crippen molar-refractivity contribution in [1.29, 1.82) is 0 Å². The van der Waals surface area contributed by atoms with Gasteiger partial charge in [-0.15, -0.1) is 0 Å². The SMILES string of the molecule is Cc1cc(NO)nc(=O)n1C. The normalized spacial score (nSPS) is 9.73. The Kier molecular flexibility index (Phi) is 1.91. The van der Waals surface area contributed by atoms with Crippen molar-refractivity contribution in [3.05, 3.63) is 22.2 Å². The van der Waals surface area contributed by atoms with Crippen LogP contribution in [0.2, 0.25) is 0 Å². The van der Waals surface area contributed by atoms with E-state index in [0.717, 1.165) is 5.69 Å². The number of nitrogens with one attached hydrogen (secondary N) is 1. The summed E-state index contributed by atoms with van der Waals surface area (Å²) >= 11 is 0. The van der Waals surface area contributed by atoms with Crippen LogP contribution in [-0.4, -0.2) is 14.8 Å². The first-order valence-electron chi connectivity index (χ1n) is 3.10. The summed E-state index contributed by atoms with van der Waals surface area (Å²) in [6.07, 6.45) is 0. The Labute approximate surface area is 63.3 Å². The first-order valence-corrected chi connectivity index (χ1v) is 3.10. The van der Waals surface area contributed by atoms with E-state index in [4.69, 9.17) is 5.21 Å². The Bertz CT molecular complexity index is 318.